The van der Waals surface area contributed by atoms with Gasteiger partial charge in [0.15, 0.2) is 0 Å². The summed E-state index contributed by atoms with van der Waals surface area (Å²) in [4.78, 5) is 0. The van der Waals surface area contributed by atoms with E-state index >= 15 is 0 Å². The van der Waals surface area contributed by atoms with Crippen molar-refractivity contribution in [2.24, 2.45) is 0 Å². The minimum absolute atomic E-state index is 1.19. The van der Waals surface area contributed by atoms with Crippen LogP contribution in [-0.2, 0) is 0 Å². The second kappa shape index (κ2) is 11.1. The van der Waals surface area contributed by atoms with Gasteiger partial charge in [0.25, 0.3) is 0 Å². The van der Waals surface area contributed by atoms with Crippen LogP contribution in [0.3, 0.4) is 0 Å². The fraction of sp³-hybridized carbons (Fsp3) is 0.0698. The fourth-order valence-electron chi connectivity index (χ4n) is 6.84. The number of para-hydroxylation sites is 1. The predicted molar refractivity (Wildman–Crippen MR) is 197 cm³/mol. The Bertz CT molecular complexity index is 2500. The molecule has 0 spiro atoms. The molecule has 2 heterocycles. The van der Waals surface area contributed by atoms with Gasteiger partial charge in [0.05, 0.1) is 11.0 Å². The first-order chi connectivity index (χ1) is 22.1. The maximum absolute atomic E-state index is 2.45. The molecule has 0 bridgehead atoms. The Morgan fingerprint density at radius 1 is 0.444 bits per heavy atom. The molecule has 0 radical (unpaired) electrons. The van der Waals surface area contributed by atoms with E-state index in [2.05, 4.69) is 153 Å². The van der Waals surface area contributed by atoms with E-state index in [0.717, 1.165) is 0 Å². The predicted octanol–water partition coefficient (Wildman–Crippen LogP) is 12.6. The highest BCUT2D eigenvalue weighted by molar-refractivity contribution is 7.27. The third-order valence-electron chi connectivity index (χ3n) is 9.00. The molecule has 9 rings (SSSR count). The molecule has 9 aromatic rings. The van der Waals surface area contributed by atoms with Crippen LogP contribution in [0.25, 0.3) is 69.6 Å². The molecule has 7 aromatic carbocycles. The van der Waals surface area contributed by atoms with E-state index in [0.29, 0.717) is 0 Å². The highest BCUT2D eigenvalue weighted by Gasteiger charge is 2.22. The summed E-state index contributed by atoms with van der Waals surface area (Å²) in [6.07, 6.45) is 0. The van der Waals surface area contributed by atoms with Crippen LogP contribution in [0.1, 0.15) is 16.7 Å². The SMILES string of the molecule is Cc1ccccc1.Cc1ccccc1-c1c(C)ccc2c1c1c3sc4c5ccccc5ccc4c3ccc1n2-c1ccccc1. The lowest BCUT2D eigenvalue weighted by atomic mass is 9.92. The van der Waals surface area contributed by atoms with Crippen molar-refractivity contribution in [2.45, 2.75) is 20.8 Å². The zero-order chi connectivity index (χ0) is 30.5. The van der Waals surface area contributed by atoms with Crippen molar-refractivity contribution in [1.82, 2.24) is 4.57 Å². The number of aromatic nitrogens is 1. The first-order valence-electron chi connectivity index (χ1n) is 15.5. The topological polar surface area (TPSA) is 4.93 Å². The van der Waals surface area contributed by atoms with E-state index in [1.165, 1.54) is 86.3 Å². The molecule has 0 fully saturated rings. The molecule has 0 amide bonds. The number of benzene rings is 7. The smallest absolute Gasteiger partial charge is 0.0555 e. The van der Waals surface area contributed by atoms with Gasteiger partial charge in [0, 0.05) is 36.6 Å². The molecule has 2 heteroatoms. The molecule has 1 nitrogen and oxygen atoms in total. The first-order valence-corrected chi connectivity index (χ1v) is 16.4. The van der Waals surface area contributed by atoms with E-state index in [-0.39, 0.29) is 0 Å². The van der Waals surface area contributed by atoms with Crippen molar-refractivity contribution in [2.75, 3.05) is 0 Å². The van der Waals surface area contributed by atoms with Gasteiger partial charge in [-0.15, -0.1) is 11.3 Å². The van der Waals surface area contributed by atoms with Crippen LogP contribution in [-0.4, -0.2) is 4.57 Å². The van der Waals surface area contributed by atoms with E-state index in [1.54, 1.807) is 0 Å². The monoisotopic (exact) mass is 595 g/mol. The van der Waals surface area contributed by atoms with Crippen LogP contribution < -0.4 is 0 Å². The lowest BCUT2D eigenvalue weighted by Gasteiger charge is -2.13. The van der Waals surface area contributed by atoms with Gasteiger partial charge in [0.1, 0.15) is 0 Å². The Morgan fingerprint density at radius 3 is 1.82 bits per heavy atom. The summed E-state index contributed by atoms with van der Waals surface area (Å²) in [7, 11) is 0. The van der Waals surface area contributed by atoms with Crippen molar-refractivity contribution in [3.05, 3.63) is 162 Å². The van der Waals surface area contributed by atoms with Crippen molar-refractivity contribution < 1.29 is 0 Å². The zero-order valence-corrected chi connectivity index (χ0v) is 26.5. The number of nitrogens with zero attached hydrogens (tertiary/aromatic N) is 1. The molecule has 0 N–H and O–H groups in total. The molecule has 0 saturated carbocycles. The van der Waals surface area contributed by atoms with Crippen molar-refractivity contribution in [3.8, 4) is 16.8 Å². The number of aryl methyl sites for hydroxylation is 3. The van der Waals surface area contributed by atoms with Crippen molar-refractivity contribution >= 4 is 64.1 Å². The third-order valence-corrected chi connectivity index (χ3v) is 10.3. The normalized spacial score (nSPS) is 11.4. The fourth-order valence-corrected chi connectivity index (χ4v) is 8.23. The van der Waals surface area contributed by atoms with Gasteiger partial charge in [-0.25, -0.2) is 0 Å². The standard InChI is InChI=1S/C36H25NS.C7H8/c1-22-10-6-8-14-26(22)32-23(2)16-20-30-33(32)34-31(37(30)25-12-4-3-5-13-25)21-19-29-28-18-17-24-11-7-9-15-27(24)35(28)38-36(29)34;1-7-5-3-2-4-6-7/h3-21H,1-2H3;2-6H,1H3. The quantitative estimate of drug-likeness (QED) is 0.187. The van der Waals surface area contributed by atoms with Crippen molar-refractivity contribution in [3.63, 3.8) is 0 Å². The average molecular weight is 596 g/mol. The van der Waals surface area contributed by atoms with Gasteiger partial charge >= 0.3 is 0 Å². The van der Waals surface area contributed by atoms with Crippen LogP contribution in [0.5, 0.6) is 0 Å². The Kier molecular flexibility index (Phi) is 6.73. The van der Waals surface area contributed by atoms with E-state index in [9.17, 15) is 0 Å². The average Bonchev–Trinajstić information content (AvgIpc) is 3.62. The number of hydrogen-bond acceptors (Lipinski definition) is 1. The number of rotatable bonds is 2. The molecule has 0 unspecified atom stereocenters. The Hall–Kier alpha value is -5.18. The van der Waals surface area contributed by atoms with Crippen molar-refractivity contribution in [1.29, 1.82) is 0 Å². The van der Waals surface area contributed by atoms with Crippen LogP contribution in [0.15, 0.2) is 146 Å². The van der Waals surface area contributed by atoms with Crippen LogP contribution in [0.4, 0.5) is 0 Å². The lowest BCUT2D eigenvalue weighted by molar-refractivity contribution is 1.18. The summed E-state index contributed by atoms with van der Waals surface area (Å²) in [6.45, 7) is 6.57. The van der Waals surface area contributed by atoms with Gasteiger partial charge in [-0.3, -0.25) is 0 Å². The molecule has 0 saturated heterocycles. The summed E-state index contributed by atoms with van der Waals surface area (Å²) in [5, 5.41) is 8.02. The third kappa shape index (κ3) is 4.53. The van der Waals surface area contributed by atoms with Gasteiger partial charge in [-0.05, 0) is 78.1 Å². The second-order valence-corrected chi connectivity index (χ2v) is 12.9. The maximum atomic E-state index is 2.45. The van der Waals surface area contributed by atoms with E-state index < -0.39 is 0 Å². The summed E-state index contributed by atoms with van der Waals surface area (Å²) in [5.41, 5.74) is 10.3. The molecule has 0 aliphatic rings. The Morgan fingerprint density at radius 2 is 1.07 bits per heavy atom. The molecule has 0 aliphatic heterocycles. The first kappa shape index (κ1) is 27.4. The zero-order valence-electron chi connectivity index (χ0n) is 25.7. The minimum Gasteiger partial charge on any atom is -0.309 e. The number of hydrogen-bond donors (Lipinski definition) is 0. The van der Waals surface area contributed by atoms with Crippen LogP contribution >= 0.6 is 11.3 Å². The second-order valence-electron chi connectivity index (χ2n) is 11.9. The van der Waals surface area contributed by atoms with Crippen LogP contribution in [0.2, 0.25) is 0 Å². The molecule has 216 valence electrons. The molecule has 2 aromatic heterocycles. The van der Waals surface area contributed by atoms with Gasteiger partial charge in [0.2, 0.25) is 0 Å². The Labute approximate surface area is 267 Å². The molecule has 0 atom stereocenters. The van der Waals surface area contributed by atoms with Gasteiger partial charge in [-0.2, -0.15) is 0 Å². The summed E-state index contributed by atoms with van der Waals surface area (Å²) >= 11 is 1.94. The maximum Gasteiger partial charge on any atom is 0.0555 e. The summed E-state index contributed by atoms with van der Waals surface area (Å²) in [5.74, 6) is 0. The number of fused-ring (bicyclic) bond motifs is 9. The Balaban J connectivity index is 0.000000382. The molecule has 45 heavy (non-hydrogen) atoms. The molecular formula is C43H33NS. The summed E-state index contributed by atoms with van der Waals surface area (Å²) in [6, 6.07) is 52.5. The lowest BCUT2D eigenvalue weighted by Crippen LogP contribution is -1.94. The van der Waals surface area contributed by atoms with Crippen LogP contribution in [0, 0.1) is 20.8 Å². The number of thiophene rings is 1. The van der Waals surface area contributed by atoms with E-state index in [1.807, 2.05) is 29.5 Å². The molecule has 0 aliphatic carbocycles. The summed E-state index contributed by atoms with van der Waals surface area (Å²) < 4.78 is 5.19. The largest absolute Gasteiger partial charge is 0.309 e. The van der Waals surface area contributed by atoms with Gasteiger partial charge in [-0.1, -0.05) is 127 Å². The highest BCUT2D eigenvalue weighted by atomic mass is 32.1. The minimum atomic E-state index is 1.19. The van der Waals surface area contributed by atoms with E-state index in [4.69, 9.17) is 0 Å². The van der Waals surface area contributed by atoms with Gasteiger partial charge < -0.3 is 4.57 Å². The molecular weight excluding hydrogens is 563 g/mol. The highest BCUT2D eigenvalue weighted by Crippen LogP contribution is 2.48.